The maximum atomic E-state index is 13.5. The molecule has 0 radical (unpaired) electrons. The Hall–Kier alpha value is -3.09. The van der Waals surface area contributed by atoms with E-state index in [2.05, 4.69) is 19.2 Å². The molecule has 1 amide bonds. The number of hydrogen-bond donors (Lipinski definition) is 1. The van der Waals surface area contributed by atoms with Crippen LogP contribution in [-0.2, 0) is 11.3 Å². The highest BCUT2D eigenvalue weighted by molar-refractivity contribution is 7.99. The van der Waals surface area contributed by atoms with Crippen molar-refractivity contribution >= 4 is 40.2 Å². The van der Waals surface area contributed by atoms with Crippen LogP contribution < -0.4 is 10.9 Å². The molecule has 5 nitrogen and oxygen atoms in total. The SMILES string of the molecule is CC(C)c1ccccc1-n1c(SCC(=O)NCc2cccc(Cl)c2)nc2ccccc2c1=O. The Labute approximate surface area is 201 Å². The van der Waals surface area contributed by atoms with Crippen LogP contribution in [0.25, 0.3) is 16.6 Å². The molecule has 168 valence electrons. The Kier molecular flexibility index (Phi) is 7.16. The number of amides is 1. The lowest BCUT2D eigenvalue weighted by atomic mass is 10.0. The summed E-state index contributed by atoms with van der Waals surface area (Å²) in [7, 11) is 0. The fourth-order valence-corrected chi connectivity index (χ4v) is 4.68. The van der Waals surface area contributed by atoms with Gasteiger partial charge in [-0.3, -0.25) is 14.2 Å². The van der Waals surface area contributed by atoms with Crippen LogP contribution in [0.2, 0.25) is 5.02 Å². The van der Waals surface area contributed by atoms with Crippen molar-refractivity contribution in [2.24, 2.45) is 0 Å². The van der Waals surface area contributed by atoms with Gasteiger partial charge < -0.3 is 5.32 Å². The molecule has 0 aliphatic heterocycles. The summed E-state index contributed by atoms with van der Waals surface area (Å²) in [6.07, 6.45) is 0. The number of nitrogens with zero attached hydrogens (tertiary/aromatic N) is 2. The van der Waals surface area contributed by atoms with Crippen molar-refractivity contribution in [2.45, 2.75) is 31.5 Å². The summed E-state index contributed by atoms with van der Waals surface area (Å²) in [5.74, 6) is 0.208. The smallest absolute Gasteiger partial charge is 0.266 e. The van der Waals surface area contributed by atoms with Crippen LogP contribution in [-0.4, -0.2) is 21.2 Å². The van der Waals surface area contributed by atoms with Crippen molar-refractivity contribution in [1.82, 2.24) is 14.9 Å². The first-order valence-corrected chi connectivity index (χ1v) is 12.1. The fourth-order valence-electron chi connectivity index (χ4n) is 3.63. The molecule has 0 spiro atoms. The van der Waals surface area contributed by atoms with Crippen LogP contribution in [0.5, 0.6) is 0 Å². The summed E-state index contributed by atoms with van der Waals surface area (Å²) in [5.41, 5.74) is 3.23. The van der Waals surface area contributed by atoms with E-state index in [1.54, 1.807) is 16.7 Å². The molecule has 33 heavy (non-hydrogen) atoms. The lowest BCUT2D eigenvalue weighted by Gasteiger charge is -2.18. The number of carbonyl (C=O) groups excluding carboxylic acids is 1. The number of benzene rings is 3. The average molecular weight is 478 g/mol. The number of hydrogen-bond acceptors (Lipinski definition) is 4. The molecule has 4 rings (SSSR count). The Morgan fingerprint density at radius 3 is 2.61 bits per heavy atom. The molecule has 1 heterocycles. The van der Waals surface area contributed by atoms with Crippen LogP contribution in [0, 0.1) is 0 Å². The number of fused-ring (bicyclic) bond motifs is 1. The molecule has 1 N–H and O–H groups in total. The van der Waals surface area contributed by atoms with Gasteiger partial charge in [-0.15, -0.1) is 0 Å². The molecule has 0 bridgehead atoms. The van der Waals surface area contributed by atoms with Crippen molar-refractivity contribution in [3.63, 3.8) is 0 Å². The first-order chi connectivity index (χ1) is 15.9. The molecule has 3 aromatic carbocycles. The van der Waals surface area contributed by atoms with Crippen LogP contribution in [0.1, 0.15) is 30.9 Å². The second-order valence-corrected chi connectivity index (χ2v) is 9.34. The first-order valence-electron chi connectivity index (χ1n) is 10.7. The highest BCUT2D eigenvalue weighted by Gasteiger charge is 2.18. The second kappa shape index (κ2) is 10.2. The zero-order valence-corrected chi connectivity index (χ0v) is 20.0. The zero-order valence-electron chi connectivity index (χ0n) is 18.4. The average Bonchev–Trinajstić information content (AvgIpc) is 2.81. The third-order valence-electron chi connectivity index (χ3n) is 5.26. The molecule has 0 aliphatic carbocycles. The fraction of sp³-hybridized carbons (Fsp3) is 0.192. The summed E-state index contributed by atoms with van der Waals surface area (Å²) < 4.78 is 1.63. The minimum atomic E-state index is -0.147. The molecule has 0 unspecified atom stereocenters. The Balaban J connectivity index is 1.65. The molecule has 0 saturated heterocycles. The van der Waals surface area contributed by atoms with E-state index in [0.717, 1.165) is 16.8 Å². The number of halogens is 1. The van der Waals surface area contributed by atoms with Crippen molar-refractivity contribution < 1.29 is 4.79 Å². The van der Waals surface area contributed by atoms with Gasteiger partial charge in [0.05, 0.1) is 22.3 Å². The Morgan fingerprint density at radius 2 is 1.82 bits per heavy atom. The number of aromatic nitrogens is 2. The maximum absolute atomic E-state index is 13.5. The van der Waals surface area contributed by atoms with Crippen molar-refractivity contribution in [3.8, 4) is 5.69 Å². The molecular weight excluding hydrogens is 454 g/mol. The molecule has 4 aromatic rings. The highest BCUT2D eigenvalue weighted by atomic mass is 35.5. The van der Waals surface area contributed by atoms with E-state index in [9.17, 15) is 9.59 Å². The van der Waals surface area contributed by atoms with Gasteiger partial charge in [-0.2, -0.15) is 0 Å². The number of thioether (sulfide) groups is 1. The van der Waals surface area contributed by atoms with Gasteiger partial charge in [0.2, 0.25) is 5.91 Å². The van der Waals surface area contributed by atoms with Gasteiger partial charge in [0.1, 0.15) is 0 Å². The van der Waals surface area contributed by atoms with Gasteiger partial charge in [-0.25, -0.2) is 4.98 Å². The van der Waals surface area contributed by atoms with E-state index in [-0.39, 0.29) is 23.1 Å². The third kappa shape index (κ3) is 5.29. The summed E-state index contributed by atoms with van der Waals surface area (Å²) >= 11 is 7.27. The van der Waals surface area contributed by atoms with E-state index in [4.69, 9.17) is 16.6 Å². The monoisotopic (exact) mass is 477 g/mol. The van der Waals surface area contributed by atoms with E-state index >= 15 is 0 Å². The number of rotatable bonds is 7. The molecule has 0 atom stereocenters. The van der Waals surface area contributed by atoms with Crippen LogP contribution >= 0.6 is 23.4 Å². The number of nitrogens with one attached hydrogen (secondary N) is 1. The van der Waals surface area contributed by atoms with E-state index in [1.165, 1.54) is 11.8 Å². The van der Waals surface area contributed by atoms with Gasteiger partial charge in [0.15, 0.2) is 5.16 Å². The van der Waals surface area contributed by atoms with Gasteiger partial charge >= 0.3 is 0 Å². The van der Waals surface area contributed by atoms with Gasteiger partial charge in [0.25, 0.3) is 5.56 Å². The normalized spacial score (nSPS) is 11.2. The minimum Gasteiger partial charge on any atom is -0.351 e. The van der Waals surface area contributed by atoms with E-state index in [1.807, 2.05) is 60.7 Å². The van der Waals surface area contributed by atoms with Gasteiger partial charge in [-0.05, 0) is 47.4 Å². The van der Waals surface area contributed by atoms with E-state index < -0.39 is 0 Å². The predicted octanol–water partition coefficient (Wildman–Crippen LogP) is 5.57. The van der Waals surface area contributed by atoms with Crippen LogP contribution in [0.3, 0.4) is 0 Å². The summed E-state index contributed by atoms with van der Waals surface area (Å²) in [5, 5.41) is 4.57. The first kappa shape index (κ1) is 23.1. The lowest BCUT2D eigenvalue weighted by molar-refractivity contribution is -0.118. The maximum Gasteiger partial charge on any atom is 0.266 e. The summed E-state index contributed by atoms with van der Waals surface area (Å²) in [4.78, 5) is 30.8. The Morgan fingerprint density at radius 1 is 1.06 bits per heavy atom. The molecule has 0 fully saturated rings. The number of para-hydroxylation sites is 2. The molecule has 0 aliphatic rings. The largest absolute Gasteiger partial charge is 0.351 e. The van der Waals surface area contributed by atoms with Gasteiger partial charge in [-0.1, -0.05) is 79.7 Å². The van der Waals surface area contributed by atoms with Gasteiger partial charge in [0, 0.05) is 11.6 Å². The quantitative estimate of drug-likeness (QED) is 0.279. The van der Waals surface area contributed by atoms with Crippen molar-refractivity contribution in [2.75, 3.05) is 5.75 Å². The molecule has 1 aromatic heterocycles. The standard InChI is InChI=1S/C26H24ClN3O2S/c1-17(2)20-10-4-6-13-23(20)30-25(32)21-11-3-5-12-22(21)29-26(30)33-16-24(31)28-15-18-8-7-9-19(27)14-18/h3-14,17H,15-16H2,1-2H3,(H,28,31). The highest BCUT2D eigenvalue weighted by Crippen LogP contribution is 2.27. The van der Waals surface area contributed by atoms with Crippen molar-refractivity contribution in [3.05, 3.63) is 99.3 Å². The lowest BCUT2D eigenvalue weighted by Crippen LogP contribution is -2.26. The molecular formula is C26H24ClN3O2S. The topological polar surface area (TPSA) is 64.0 Å². The zero-order chi connectivity index (χ0) is 23.4. The predicted molar refractivity (Wildman–Crippen MR) is 135 cm³/mol. The molecule has 0 saturated carbocycles. The van der Waals surface area contributed by atoms with Crippen LogP contribution in [0.4, 0.5) is 0 Å². The summed E-state index contributed by atoms with van der Waals surface area (Å²) in [6.45, 7) is 4.57. The second-order valence-electron chi connectivity index (χ2n) is 7.96. The van der Waals surface area contributed by atoms with Crippen molar-refractivity contribution in [1.29, 1.82) is 0 Å². The number of carbonyl (C=O) groups is 1. The summed E-state index contributed by atoms with van der Waals surface area (Å²) in [6, 6.07) is 22.5. The minimum absolute atomic E-state index is 0.134. The Bertz CT molecular complexity index is 1370. The molecule has 7 heteroatoms. The van der Waals surface area contributed by atoms with E-state index in [0.29, 0.717) is 27.6 Å². The van der Waals surface area contributed by atoms with Crippen LogP contribution in [0.15, 0.2) is 82.7 Å². The third-order valence-corrected chi connectivity index (χ3v) is 6.43.